The Hall–Kier alpha value is -1.00. The highest BCUT2D eigenvalue weighted by molar-refractivity contribution is 7.99. The fourth-order valence-electron chi connectivity index (χ4n) is 1.96. The van der Waals surface area contributed by atoms with Crippen LogP contribution < -0.4 is 5.32 Å². The van der Waals surface area contributed by atoms with Gasteiger partial charge in [-0.3, -0.25) is 0 Å². The van der Waals surface area contributed by atoms with Gasteiger partial charge in [0, 0.05) is 34.6 Å². The largest absolute Gasteiger partial charge is 0.381 e. The van der Waals surface area contributed by atoms with Gasteiger partial charge in [0.25, 0.3) is 0 Å². The van der Waals surface area contributed by atoms with E-state index < -0.39 is 0 Å². The van der Waals surface area contributed by atoms with Gasteiger partial charge < -0.3 is 5.32 Å². The zero-order valence-electron chi connectivity index (χ0n) is 9.43. The summed E-state index contributed by atoms with van der Waals surface area (Å²) >= 11 is 3.71. The lowest BCUT2D eigenvalue weighted by Crippen LogP contribution is -2.17. The van der Waals surface area contributed by atoms with Crippen LogP contribution in [0, 0.1) is 0 Å². The third-order valence-corrected chi connectivity index (χ3v) is 4.85. The molecule has 1 aromatic heterocycles. The lowest BCUT2D eigenvalue weighted by molar-refractivity contribution is 0.813. The predicted molar refractivity (Wildman–Crippen MR) is 76.9 cm³/mol. The van der Waals surface area contributed by atoms with E-state index in [1.807, 2.05) is 23.3 Å². The lowest BCUT2D eigenvalue weighted by Gasteiger charge is -2.12. The molecule has 1 N–H and O–H groups in total. The molecule has 1 unspecified atom stereocenters. The van der Waals surface area contributed by atoms with Gasteiger partial charge in [-0.1, -0.05) is 0 Å². The summed E-state index contributed by atoms with van der Waals surface area (Å²) in [4.78, 5) is 4.31. The molecule has 4 heteroatoms. The van der Waals surface area contributed by atoms with Crippen LogP contribution in [-0.2, 0) is 0 Å². The third-order valence-electron chi connectivity index (χ3n) is 2.86. The van der Waals surface area contributed by atoms with Crippen molar-refractivity contribution in [3.05, 3.63) is 35.8 Å². The highest BCUT2D eigenvalue weighted by atomic mass is 32.2. The summed E-state index contributed by atoms with van der Waals surface area (Å²) in [6.07, 6.45) is 3.13. The summed E-state index contributed by atoms with van der Waals surface area (Å²) in [6.45, 7) is 0. The maximum Gasteiger partial charge on any atom is 0.123 e. The highest BCUT2D eigenvalue weighted by Crippen LogP contribution is 2.25. The quantitative estimate of drug-likeness (QED) is 0.912. The number of benzene rings is 1. The van der Waals surface area contributed by atoms with E-state index in [-0.39, 0.29) is 0 Å². The summed E-state index contributed by atoms with van der Waals surface area (Å²) < 4.78 is 0. The topological polar surface area (TPSA) is 24.9 Å². The lowest BCUT2D eigenvalue weighted by atomic mass is 10.2. The molecule has 1 aliphatic rings. The second kappa shape index (κ2) is 5.10. The van der Waals surface area contributed by atoms with Crippen molar-refractivity contribution >= 4 is 28.8 Å². The fourth-order valence-corrected chi connectivity index (χ4v) is 3.76. The van der Waals surface area contributed by atoms with E-state index in [0.717, 1.165) is 5.01 Å². The first-order valence-corrected chi connectivity index (χ1v) is 7.79. The van der Waals surface area contributed by atoms with Gasteiger partial charge in [-0.2, -0.15) is 11.8 Å². The van der Waals surface area contributed by atoms with Crippen molar-refractivity contribution in [2.24, 2.45) is 0 Å². The van der Waals surface area contributed by atoms with Crippen molar-refractivity contribution in [1.82, 2.24) is 4.98 Å². The van der Waals surface area contributed by atoms with Crippen LogP contribution in [0.15, 0.2) is 35.8 Å². The molecule has 1 fully saturated rings. The van der Waals surface area contributed by atoms with Crippen molar-refractivity contribution < 1.29 is 0 Å². The average molecular weight is 262 g/mol. The van der Waals surface area contributed by atoms with Crippen LogP contribution in [0.25, 0.3) is 10.6 Å². The second-order valence-electron chi connectivity index (χ2n) is 4.12. The van der Waals surface area contributed by atoms with Gasteiger partial charge in [-0.15, -0.1) is 11.3 Å². The Kier molecular flexibility index (Phi) is 3.34. The minimum atomic E-state index is 0.644. The first-order chi connectivity index (χ1) is 8.42. The molecule has 2 heterocycles. The first kappa shape index (κ1) is 11.1. The molecule has 0 spiro atoms. The highest BCUT2D eigenvalue weighted by Gasteiger charge is 2.14. The Balaban J connectivity index is 1.71. The monoisotopic (exact) mass is 262 g/mol. The zero-order valence-corrected chi connectivity index (χ0v) is 11.1. The number of nitrogens with zero attached hydrogens (tertiary/aromatic N) is 1. The van der Waals surface area contributed by atoms with E-state index in [0.29, 0.717) is 6.04 Å². The molecule has 0 bridgehead atoms. The first-order valence-electron chi connectivity index (χ1n) is 5.76. The van der Waals surface area contributed by atoms with E-state index in [1.165, 1.54) is 29.2 Å². The number of hydrogen-bond donors (Lipinski definition) is 1. The van der Waals surface area contributed by atoms with Crippen LogP contribution in [0.2, 0.25) is 0 Å². The molecule has 17 heavy (non-hydrogen) atoms. The van der Waals surface area contributed by atoms with E-state index in [1.54, 1.807) is 11.3 Å². The summed E-state index contributed by atoms with van der Waals surface area (Å²) in [5, 5.41) is 6.68. The van der Waals surface area contributed by atoms with Gasteiger partial charge in [-0.05, 0) is 36.4 Å². The van der Waals surface area contributed by atoms with Crippen LogP contribution in [-0.4, -0.2) is 22.5 Å². The van der Waals surface area contributed by atoms with Gasteiger partial charge in [0.2, 0.25) is 0 Å². The molecule has 1 aromatic carbocycles. The van der Waals surface area contributed by atoms with Crippen LogP contribution in [0.3, 0.4) is 0 Å². The molecule has 2 nitrogen and oxygen atoms in total. The van der Waals surface area contributed by atoms with Crippen LogP contribution in [0.5, 0.6) is 0 Å². The number of thiazole rings is 1. The van der Waals surface area contributed by atoms with Gasteiger partial charge in [0.15, 0.2) is 0 Å². The summed E-state index contributed by atoms with van der Waals surface area (Å²) in [6, 6.07) is 9.23. The smallest absolute Gasteiger partial charge is 0.123 e. The van der Waals surface area contributed by atoms with Crippen LogP contribution >= 0.6 is 23.1 Å². The molecule has 0 radical (unpaired) electrons. The minimum Gasteiger partial charge on any atom is -0.381 e. The SMILES string of the molecule is c1csc(-c2ccc(NC3CCSC3)cc2)n1. The molecule has 2 aromatic rings. The molecule has 0 saturated carbocycles. The Morgan fingerprint density at radius 3 is 2.76 bits per heavy atom. The number of thioether (sulfide) groups is 1. The Morgan fingerprint density at radius 2 is 2.12 bits per heavy atom. The van der Waals surface area contributed by atoms with Crippen molar-refractivity contribution in [2.75, 3.05) is 16.8 Å². The van der Waals surface area contributed by atoms with Gasteiger partial charge in [0.1, 0.15) is 5.01 Å². The normalized spacial score (nSPS) is 19.4. The number of nitrogens with one attached hydrogen (secondary N) is 1. The fraction of sp³-hybridized carbons (Fsp3) is 0.308. The van der Waals surface area contributed by atoms with Crippen molar-refractivity contribution in [3.8, 4) is 10.6 Å². The van der Waals surface area contributed by atoms with E-state index >= 15 is 0 Å². The Morgan fingerprint density at radius 1 is 1.24 bits per heavy atom. The van der Waals surface area contributed by atoms with Crippen LogP contribution in [0.4, 0.5) is 5.69 Å². The summed E-state index contributed by atoms with van der Waals surface area (Å²) in [7, 11) is 0. The van der Waals surface area contributed by atoms with E-state index in [4.69, 9.17) is 0 Å². The van der Waals surface area contributed by atoms with E-state index in [9.17, 15) is 0 Å². The predicted octanol–water partition coefficient (Wildman–Crippen LogP) is 3.73. The molecule has 1 aliphatic heterocycles. The van der Waals surface area contributed by atoms with Gasteiger partial charge in [-0.25, -0.2) is 4.98 Å². The molecule has 88 valence electrons. The molecule has 1 saturated heterocycles. The second-order valence-corrected chi connectivity index (χ2v) is 6.16. The van der Waals surface area contributed by atoms with Crippen molar-refractivity contribution in [3.63, 3.8) is 0 Å². The Bertz CT molecular complexity index is 459. The maximum atomic E-state index is 4.31. The van der Waals surface area contributed by atoms with Gasteiger partial charge in [0.05, 0.1) is 0 Å². The summed E-state index contributed by atoms with van der Waals surface area (Å²) in [5.41, 5.74) is 2.42. The third kappa shape index (κ3) is 2.64. The number of anilines is 1. The van der Waals surface area contributed by atoms with Crippen molar-refractivity contribution in [2.45, 2.75) is 12.5 Å². The minimum absolute atomic E-state index is 0.644. The maximum absolute atomic E-state index is 4.31. The van der Waals surface area contributed by atoms with Gasteiger partial charge >= 0.3 is 0 Å². The number of rotatable bonds is 3. The van der Waals surface area contributed by atoms with Crippen molar-refractivity contribution in [1.29, 1.82) is 0 Å². The molecule has 1 atom stereocenters. The summed E-state index contributed by atoms with van der Waals surface area (Å²) in [5.74, 6) is 2.52. The van der Waals surface area contributed by atoms with Crippen LogP contribution in [0.1, 0.15) is 6.42 Å². The zero-order chi connectivity index (χ0) is 11.5. The number of aromatic nitrogens is 1. The molecular formula is C13H14N2S2. The molecule has 3 rings (SSSR count). The molecule has 0 amide bonds. The molecular weight excluding hydrogens is 248 g/mol. The number of hydrogen-bond acceptors (Lipinski definition) is 4. The Labute approximate surface area is 109 Å². The van der Waals surface area contributed by atoms with E-state index in [2.05, 4.69) is 34.6 Å². The molecule has 0 aliphatic carbocycles. The standard InChI is InChI=1S/C13H14N2S2/c1-3-11(15-12-5-7-16-9-12)4-2-10(1)13-14-6-8-17-13/h1-4,6,8,12,15H,5,7,9H2. The average Bonchev–Trinajstić information content (AvgIpc) is 3.01.